The number of hydrogen-bond acceptors (Lipinski definition) is 3. The van der Waals surface area contributed by atoms with Crippen molar-refractivity contribution in [3.8, 4) is 0 Å². The fraction of sp³-hybridized carbons (Fsp3) is 0.667. The van der Waals surface area contributed by atoms with Crippen LogP contribution in [-0.2, 0) is 11.0 Å². The van der Waals surface area contributed by atoms with Crippen molar-refractivity contribution in [2.45, 2.75) is 57.8 Å². The first-order valence-corrected chi connectivity index (χ1v) is 9.36. The van der Waals surface area contributed by atoms with Crippen LogP contribution in [0.2, 0.25) is 5.02 Å². The Morgan fingerprint density at radius 3 is 2.35 bits per heavy atom. The number of alkyl halides is 3. The minimum absolute atomic E-state index is 0.00797. The molecule has 26 heavy (non-hydrogen) atoms. The van der Waals surface area contributed by atoms with Gasteiger partial charge in [0.1, 0.15) is 5.82 Å². The molecular formula is C18H23ClF3N3O. The molecule has 0 aromatic carbocycles. The third-order valence-corrected chi connectivity index (χ3v) is 5.32. The molecule has 0 bridgehead atoms. The normalized spacial score (nSPS) is 19.1. The van der Waals surface area contributed by atoms with Gasteiger partial charge in [0.15, 0.2) is 0 Å². The van der Waals surface area contributed by atoms with E-state index in [2.05, 4.69) is 4.98 Å². The second-order valence-electron chi connectivity index (χ2n) is 7.36. The smallest absolute Gasteiger partial charge is 0.355 e. The zero-order valence-corrected chi connectivity index (χ0v) is 15.6. The van der Waals surface area contributed by atoms with Crippen molar-refractivity contribution in [3.05, 3.63) is 22.8 Å². The van der Waals surface area contributed by atoms with Crippen LogP contribution in [0.5, 0.6) is 0 Å². The summed E-state index contributed by atoms with van der Waals surface area (Å²) in [6, 6.07) is 1.49. The number of hydrogen-bond donors (Lipinski definition) is 0. The van der Waals surface area contributed by atoms with Crippen LogP contribution in [0.4, 0.5) is 19.0 Å². The maximum atomic E-state index is 12.8. The number of pyridine rings is 1. The van der Waals surface area contributed by atoms with E-state index >= 15 is 0 Å². The van der Waals surface area contributed by atoms with E-state index < -0.39 is 11.7 Å². The molecule has 1 saturated heterocycles. The van der Waals surface area contributed by atoms with Gasteiger partial charge < -0.3 is 9.80 Å². The molecule has 144 valence electrons. The summed E-state index contributed by atoms with van der Waals surface area (Å²) in [6.07, 6.45) is -0.174. The molecule has 1 aliphatic heterocycles. The first-order chi connectivity index (χ1) is 12.2. The highest BCUT2D eigenvalue weighted by atomic mass is 35.5. The van der Waals surface area contributed by atoms with Gasteiger partial charge in [-0.2, -0.15) is 13.2 Å². The second kappa shape index (κ2) is 7.25. The lowest BCUT2D eigenvalue weighted by Gasteiger charge is -2.36. The summed E-state index contributed by atoms with van der Waals surface area (Å²) in [5.41, 5.74) is -0.853. The van der Waals surface area contributed by atoms with Gasteiger partial charge in [-0.1, -0.05) is 11.6 Å². The van der Waals surface area contributed by atoms with Crippen molar-refractivity contribution in [2.24, 2.45) is 5.92 Å². The van der Waals surface area contributed by atoms with E-state index in [4.69, 9.17) is 11.6 Å². The molecule has 3 rings (SSSR count). The minimum atomic E-state index is -4.46. The van der Waals surface area contributed by atoms with Gasteiger partial charge in [-0.15, -0.1) is 0 Å². The molecule has 0 N–H and O–H groups in total. The molecule has 0 radical (unpaired) electrons. The third-order valence-electron chi connectivity index (χ3n) is 5.04. The van der Waals surface area contributed by atoms with E-state index in [1.165, 1.54) is 0 Å². The van der Waals surface area contributed by atoms with Gasteiger partial charge >= 0.3 is 6.18 Å². The number of carbonyl (C=O) groups excluding carboxylic acids is 1. The number of nitrogens with zero attached hydrogens (tertiary/aromatic N) is 3. The van der Waals surface area contributed by atoms with E-state index in [1.807, 2.05) is 23.6 Å². The Morgan fingerprint density at radius 2 is 1.88 bits per heavy atom. The quantitative estimate of drug-likeness (QED) is 0.767. The predicted octanol–water partition coefficient (Wildman–Crippen LogP) is 4.37. The molecule has 2 heterocycles. The van der Waals surface area contributed by atoms with Gasteiger partial charge in [-0.05, 0) is 45.6 Å². The molecule has 8 heteroatoms. The Kier molecular flexibility index (Phi) is 5.37. The van der Waals surface area contributed by atoms with E-state index in [1.54, 1.807) is 0 Å². The van der Waals surface area contributed by atoms with Crippen molar-refractivity contribution in [1.29, 1.82) is 0 Å². The first kappa shape index (κ1) is 19.3. The van der Waals surface area contributed by atoms with E-state index in [0.717, 1.165) is 25.1 Å². The lowest BCUT2D eigenvalue weighted by atomic mass is 9.94. The number of piperidine rings is 1. The Hall–Kier alpha value is -1.50. The van der Waals surface area contributed by atoms with Crippen molar-refractivity contribution in [3.63, 3.8) is 0 Å². The average Bonchev–Trinajstić information content (AvgIpc) is 3.38. The van der Waals surface area contributed by atoms with Crippen LogP contribution in [0.15, 0.2) is 12.3 Å². The van der Waals surface area contributed by atoms with Gasteiger partial charge in [0.2, 0.25) is 5.91 Å². The number of aromatic nitrogens is 1. The van der Waals surface area contributed by atoms with Crippen LogP contribution >= 0.6 is 11.6 Å². The second-order valence-corrected chi connectivity index (χ2v) is 7.77. The fourth-order valence-electron chi connectivity index (χ4n) is 3.58. The standard InChI is InChI=1S/C18H23ClF3N3O/c1-11(2)25(14-3-4-14)17(26)12-5-7-24(8-6-12)16-15(19)9-13(10-23-16)18(20,21)22/h9-12,14H,3-8H2,1-2H3. The molecule has 0 unspecified atom stereocenters. The van der Waals surface area contributed by atoms with Crippen molar-refractivity contribution in [1.82, 2.24) is 9.88 Å². The van der Waals surface area contributed by atoms with Crippen molar-refractivity contribution >= 4 is 23.3 Å². The van der Waals surface area contributed by atoms with E-state index in [0.29, 0.717) is 37.8 Å². The molecule has 0 atom stereocenters. The molecule has 1 aromatic rings. The number of amides is 1. The summed E-state index contributed by atoms with van der Waals surface area (Å²) in [7, 11) is 0. The fourth-order valence-corrected chi connectivity index (χ4v) is 3.86. The number of carbonyl (C=O) groups is 1. The summed E-state index contributed by atoms with van der Waals surface area (Å²) in [6.45, 7) is 5.20. The molecule has 1 amide bonds. The summed E-state index contributed by atoms with van der Waals surface area (Å²) < 4.78 is 38.2. The van der Waals surface area contributed by atoms with Crippen molar-refractivity contribution in [2.75, 3.05) is 18.0 Å². The lowest BCUT2D eigenvalue weighted by Crippen LogP contribution is -2.46. The molecule has 2 aliphatic rings. The van der Waals surface area contributed by atoms with Gasteiger partial charge in [0, 0.05) is 37.3 Å². The summed E-state index contributed by atoms with van der Waals surface area (Å²) in [4.78, 5) is 20.6. The summed E-state index contributed by atoms with van der Waals surface area (Å²) in [5, 5.41) is -0.00797. The maximum Gasteiger partial charge on any atom is 0.417 e. The Labute approximate surface area is 156 Å². The molecule has 0 spiro atoms. The number of rotatable bonds is 4. The van der Waals surface area contributed by atoms with Gasteiger partial charge in [-0.3, -0.25) is 4.79 Å². The van der Waals surface area contributed by atoms with Crippen LogP contribution in [0.3, 0.4) is 0 Å². The molecular weight excluding hydrogens is 367 g/mol. The molecule has 1 saturated carbocycles. The molecule has 2 fully saturated rings. The largest absolute Gasteiger partial charge is 0.417 e. The SMILES string of the molecule is CC(C)N(C(=O)C1CCN(c2ncc(C(F)(F)F)cc2Cl)CC1)C1CC1. The lowest BCUT2D eigenvalue weighted by molar-refractivity contribution is -0.139. The molecule has 1 aromatic heterocycles. The zero-order chi connectivity index (χ0) is 19.1. The topological polar surface area (TPSA) is 36.4 Å². The predicted molar refractivity (Wildman–Crippen MR) is 94.2 cm³/mol. The van der Waals surface area contributed by atoms with Crippen LogP contribution in [-0.4, -0.2) is 41.0 Å². The van der Waals surface area contributed by atoms with Gasteiger partial charge in [-0.25, -0.2) is 4.98 Å². The maximum absolute atomic E-state index is 12.8. The first-order valence-electron chi connectivity index (χ1n) is 8.98. The Bertz CT molecular complexity index is 666. The zero-order valence-electron chi connectivity index (χ0n) is 14.9. The number of halogens is 4. The average molecular weight is 390 g/mol. The van der Waals surface area contributed by atoms with Crippen LogP contribution in [0.1, 0.15) is 45.1 Å². The molecule has 4 nitrogen and oxygen atoms in total. The van der Waals surface area contributed by atoms with Gasteiger partial charge in [0.25, 0.3) is 0 Å². The highest BCUT2D eigenvalue weighted by molar-refractivity contribution is 6.33. The van der Waals surface area contributed by atoms with E-state index in [9.17, 15) is 18.0 Å². The highest BCUT2D eigenvalue weighted by Crippen LogP contribution is 2.36. The monoisotopic (exact) mass is 389 g/mol. The number of anilines is 1. The van der Waals surface area contributed by atoms with E-state index in [-0.39, 0.29) is 22.9 Å². The Morgan fingerprint density at radius 1 is 1.27 bits per heavy atom. The third kappa shape index (κ3) is 4.08. The highest BCUT2D eigenvalue weighted by Gasteiger charge is 2.38. The minimum Gasteiger partial charge on any atom is -0.355 e. The van der Waals surface area contributed by atoms with Gasteiger partial charge in [0.05, 0.1) is 10.6 Å². The van der Waals surface area contributed by atoms with Crippen LogP contribution in [0, 0.1) is 5.92 Å². The summed E-state index contributed by atoms with van der Waals surface area (Å²) in [5.74, 6) is 0.518. The van der Waals surface area contributed by atoms with Crippen LogP contribution < -0.4 is 4.90 Å². The van der Waals surface area contributed by atoms with Crippen molar-refractivity contribution < 1.29 is 18.0 Å². The summed E-state index contributed by atoms with van der Waals surface area (Å²) >= 11 is 6.03. The molecule has 1 aliphatic carbocycles. The Balaban J connectivity index is 1.64. The van der Waals surface area contributed by atoms with Crippen LogP contribution in [0.25, 0.3) is 0 Å².